The minimum atomic E-state index is -3.90. The molecular formula is C21H22BrClN2O3S. The first-order valence-corrected chi connectivity index (χ1v) is 12.1. The summed E-state index contributed by atoms with van der Waals surface area (Å²) in [6.45, 7) is 3.73. The summed E-state index contributed by atoms with van der Waals surface area (Å²) in [7, 11) is -3.90. The van der Waals surface area contributed by atoms with Crippen LogP contribution in [0.15, 0.2) is 52.0 Å². The molecule has 154 valence electrons. The van der Waals surface area contributed by atoms with Crippen molar-refractivity contribution in [2.75, 3.05) is 0 Å². The Kier molecular flexibility index (Phi) is 4.99. The first-order valence-electron chi connectivity index (χ1n) is 9.45. The first kappa shape index (κ1) is 20.7. The Balaban J connectivity index is 1.82. The van der Waals surface area contributed by atoms with Gasteiger partial charge in [0.1, 0.15) is 4.75 Å². The van der Waals surface area contributed by atoms with Gasteiger partial charge in [-0.2, -0.15) is 0 Å². The molecule has 29 heavy (non-hydrogen) atoms. The third-order valence-corrected chi connectivity index (χ3v) is 10.5. The zero-order chi connectivity index (χ0) is 21.0. The molecule has 0 spiro atoms. The summed E-state index contributed by atoms with van der Waals surface area (Å²) < 4.78 is 28.4. The fraction of sp³-hybridized carbons (Fsp3) is 0.381. The van der Waals surface area contributed by atoms with E-state index in [1.807, 2.05) is 31.2 Å². The monoisotopic (exact) mass is 496 g/mol. The number of halogens is 2. The average molecular weight is 498 g/mol. The van der Waals surface area contributed by atoms with Crippen LogP contribution < -0.4 is 5.32 Å². The van der Waals surface area contributed by atoms with E-state index in [-0.39, 0.29) is 17.9 Å². The molecule has 2 aliphatic rings. The molecule has 5 nitrogen and oxygen atoms in total. The molecule has 4 rings (SSSR count). The molecule has 2 aromatic rings. The fourth-order valence-corrected chi connectivity index (χ4v) is 6.77. The predicted molar refractivity (Wildman–Crippen MR) is 119 cm³/mol. The smallest absolute Gasteiger partial charge is 0.249 e. The van der Waals surface area contributed by atoms with Crippen LogP contribution >= 0.6 is 27.5 Å². The van der Waals surface area contributed by atoms with E-state index in [2.05, 4.69) is 21.2 Å². The average Bonchev–Trinajstić information content (AvgIpc) is 3.32. The van der Waals surface area contributed by atoms with Crippen molar-refractivity contribution in [2.24, 2.45) is 5.41 Å². The highest BCUT2D eigenvalue weighted by Gasteiger charge is 2.47. The van der Waals surface area contributed by atoms with Gasteiger partial charge in [-0.3, -0.25) is 4.79 Å². The summed E-state index contributed by atoms with van der Waals surface area (Å²) in [5.41, 5.74) is 0.785. The molecule has 0 radical (unpaired) electrons. The van der Waals surface area contributed by atoms with Crippen LogP contribution in [0.3, 0.4) is 0 Å². The van der Waals surface area contributed by atoms with Gasteiger partial charge in [-0.05, 0) is 44.4 Å². The maximum absolute atomic E-state index is 13.9. The normalized spacial score (nSPS) is 23.4. The molecule has 1 unspecified atom stereocenters. The number of para-hydroxylation sites is 1. The first-order chi connectivity index (χ1) is 13.6. The Morgan fingerprint density at radius 2 is 1.97 bits per heavy atom. The van der Waals surface area contributed by atoms with Crippen molar-refractivity contribution >= 4 is 54.4 Å². The quantitative estimate of drug-likeness (QED) is 0.645. The molecule has 2 aliphatic carbocycles. The molecule has 1 atom stereocenters. The highest BCUT2D eigenvalue weighted by atomic mass is 79.9. The second-order valence-corrected chi connectivity index (χ2v) is 11.6. The van der Waals surface area contributed by atoms with Crippen molar-refractivity contribution in [2.45, 2.75) is 44.4 Å². The van der Waals surface area contributed by atoms with Crippen LogP contribution in [0, 0.1) is 5.41 Å². The van der Waals surface area contributed by atoms with E-state index in [0.29, 0.717) is 27.1 Å². The van der Waals surface area contributed by atoms with Gasteiger partial charge in [0.15, 0.2) is 0 Å². The zero-order valence-electron chi connectivity index (χ0n) is 16.2. The van der Waals surface area contributed by atoms with Gasteiger partial charge < -0.3 is 5.32 Å². The number of carbonyl (C=O) groups excluding carboxylic acids is 1. The number of nitrogens with zero attached hydrogens (tertiary/aromatic N) is 1. The van der Waals surface area contributed by atoms with Crippen molar-refractivity contribution in [1.82, 2.24) is 9.29 Å². The van der Waals surface area contributed by atoms with E-state index in [0.717, 1.165) is 18.2 Å². The van der Waals surface area contributed by atoms with E-state index >= 15 is 0 Å². The Hall–Kier alpha value is -1.57. The molecule has 0 aliphatic heterocycles. The summed E-state index contributed by atoms with van der Waals surface area (Å²) in [4.78, 5) is 12.4. The number of nitrogens with one attached hydrogen (secondary N) is 1. The summed E-state index contributed by atoms with van der Waals surface area (Å²) in [5, 5.41) is 4.10. The van der Waals surface area contributed by atoms with Crippen LogP contribution in [-0.2, 0) is 21.4 Å². The highest BCUT2D eigenvalue weighted by molar-refractivity contribution is 9.12. The Bertz CT molecular complexity index is 1180. The Morgan fingerprint density at radius 1 is 1.28 bits per heavy atom. The molecule has 0 bridgehead atoms. The highest BCUT2D eigenvalue weighted by Crippen LogP contribution is 2.45. The van der Waals surface area contributed by atoms with Crippen LogP contribution in [0.25, 0.3) is 10.9 Å². The fourth-order valence-electron chi connectivity index (χ4n) is 3.62. The molecule has 1 aromatic carbocycles. The lowest BCUT2D eigenvalue weighted by Gasteiger charge is -2.32. The molecular weight excluding hydrogens is 476 g/mol. The van der Waals surface area contributed by atoms with Crippen LogP contribution in [0.2, 0.25) is 0 Å². The predicted octanol–water partition coefficient (Wildman–Crippen LogP) is 4.80. The minimum Gasteiger partial charge on any atom is -0.350 e. The van der Waals surface area contributed by atoms with Gasteiger partial charge >= 0.3 is 0 Å². The molecule has 1 heterocycles. The summed E-state index contributed by atoms with van der Waals surface area (Å²) in [6.07, 6.45) is 5.49. The molecule has 8 heteroatoms. The number of amides is 1. The van der Waals surface area contributed by atoms with Crippen LogP contribution in [0.4, 0.5) is 0 Å². The van der Waals surface area contributed by atoms with Crippen molar-refractivity contribution in [3.63, 3.8) is 0 Å². The van der Waals surface area contributed by atoms with Gasteiger partial charge in [-0.15, -0.1) is 0 Å². The van der Waals surface area contributed by atoms with Crippen molar-refractivity contribution < 1.29 is 13.2 Å². The van der Waals surface area contributed by atoms with Crippen LogP contribution in [-0.4, -0.2) is 23.0 Å². The number of allylic oxidation sites excluding steroid dienone is 3. The largest absolute Gasteiger partial charge is 0.350 e. The minimum absolute atomic E-state index is 0.0392. The maximum atomic E-state index is 13.9. The molecule has 1 N–H and O–H groups in total. The van der Waals surface area contributed by atoms with E-state index in [4.69, 9.17) is 11.6 Å². The third kappa shape index (κ3) is 3.27. The lowest BCUT2D eigenvalue weighted by molar-refractivity contribution is -0.125. The van der Waals surface area contributed by atoms with Gasteiger partial charge in [0.25, 0.3) is 0 Å². The van der Waals surface area contributed by atoms with Crippen LogP contribution in [0.1, 0.15) is 38.8 Å². The van der Waals surface area contributed by atoms with E-state index in [9.17, 15) is 13.2 Å². The van der Waals surface area contributed by atoms with Crippen molar-refractivity contribution in [1.29, 1.82) is 0 Å². The van der Waals surface area contributed by atoms with Gasteiger partial charge in [-0.1, -0.05) is 58.7 Å². The molecule has 1 fully saturated rings. The van der Waals surface area contributed by atoms with Gasteiger partial charge in [0.2, 0.25) is 15.9 Å². The second kappa shape index (κ2) is 7.00. The second-order valence-electron chi connectivity index (χ2n) is 8.21. The number of hydrogen-bond donors (Lipinski definition) is 1. The number of aromatic nitrogens is 1. The SMILES string of the molecule is CC1(C(=O)NCc2cc3ccccc3n2S(=O)(=O)C2(C)CC=CC(Cl)=C2Br)CC1. The van der Waals surface area contributed by atoms with Gasteiger partial charge in [-0.25, -0.2) is 12.4 Å². The Labute approximate surface area is 184 Å². The number of benzene rings is 1. The van der Waals surface area contributed by atoms with Gasteiger partial charge in [0, 0.05) is 15.3 Å². The molecule has 0 saturated heterocycles. The summed E-state index contributed by atoms with van der Waals surface area (Å²) in [6, 6.07) is 9.15. The number of fused-ring (bicyclic) bond motifs is 1. The van der Waals surface area contributed by atoms with Crippen molar-refractivity contribution in [3.05, 3.63) is 57.7 Å². The summed E-state index contributed by atoms with van der Waals surface area (Å²) in [5.74, 6) is -0.0392. The lowest BCUT2D eigenvalue weighted by Crippen LogP contribution is -2.42. The number of rotatable bonds is 5. The van der Waals surface area contributed by atoms with E-state index in [1.165, 1.54) is 3.97 Å². The van der Waals surface area contributed by atoms with Gasteiger partial charge in [0.05, 0.1) is 22.8 Å². The van der Waals surface area contributed by atoms with E-state index < -0.39 is 14.8 Å². The standard InChI is InChI=1S/C21H22BrClN2O3S/c1-20(10-11-20)19(26)24-13-15-12-14-6-3-4-8-17(14)25(15)29(27,28)21(2)9-5-7-16(23)18(21)22/h3-8,12H,9-11,13H2,1-2H3,(H,24,26). The number of hydrogen-bond acceptors (Lipinski definition) is 3. The molecule has 1 saturated carbocycles. The third-order valence-electron chi connectivity index (χ3n) is 5.97. The molecule has 1 amide bonds. The summed E-state index contributed by atoms with van der Waals surface area (Å²) >= 11 is 9.67. The molecule has 1 aromatic heterocycles. The van der Waals surface area contributed by atoms with E-state index in [1.54, 1.807) is 25.1 Å². The lowest BCUT2D eigenvalue weighted by atomic mass is 10.0. The zero-order valence-corrected chi connectivity index (χ0v) is 19.4. The van der Waals surface area contributed by atoms with Crippen molar-refractivity contribution in [3.8, 4) is 0 Å². The van der Waals surface area contributed by atoms with Crippen LogP contribution in [0.5, 0.6) is 0 Å². The number of carbonyl (C=O) groups is 1. The maximum Gasteiger partial charge on any atom is 0.249 e. The topological polar surface area (TPSA) is 68.2 Å². The Morgan fingerprint density at radius 3 is 2.66 bits per heavy atom.